The van der Waals surface area contributed by atoms with Crippen LogP contribution in [0.15, 0.2) is 0 Å². The van der Waals surface area contributed by atoms with Gasteiger partial charge in [-0.2, -0.15) is 0 Å². The average Bonchev–Trinajstić information content (AvgIpc) is 2.92. The van der Waals surface area contributed by atoms with Gasteiger partial charge in [-0.05, 0) is 0 Å². The molecule has 3 aliphatic rings. The Kier molecular flexibility index (Phi) is 11.4. The number of carboxylic acid groups (broad SMARTS) is 1. The Balaban J connectivity index is 1.91. The molecule has 0 aromatic heterocycles. The van der Waals surface area contributed by atoms with Crippen LogP contribution < -0.4 is 5.32 Å². The third-order valence-corrected chi connectivity index (χ3v) is 7.10. The second kappa shape index (κ2) is 13.8. The van der Waals surface area contributed by atoms with Crippen molar-refractivity contribution in [3.63, 3.8) is 0 Å². The molecular formula is C22H37NO18. The molecule has 0 aliphatic carbocycles. The van der Waals surface area contributed by atoms with Gasteiger partial charge in [-0.25, -0.2) is 4.79 Å². The summed E-state index contributed by atoms with van der Waals surface area (Å²) in [6.07, 6.45) is -25.0. The van der Waals surface area contributed by atoms with Crippen LogP contribution in [-0.2, 0) is 33.3 Å². The number of carboxylic acids is 1. The fourth-order valence-electron chi connectivity index (χ4n) is 4.84. The van der Waals surface area contributed by atoms with Gasteiger partial charge in [-0.15, -0.1) is 0 Å². The molecule has 1 amide bonds. The molecule has 3 saturated heterocycles. The van der Waals surface area contributed by atoms with Crippen molar-refractivity contribution < 1.29 is 89.4 Å². The quantitative estimate of drug-likeness (QED) is 0.110. The lowest BCUT2D eigenvalue weighted by molar-refractivity contribution is -0.380. The van der Waals surface area contributed by atoms with Gasteiger partial charge < -0.3 is 85.2 Å². The Labute approximate surface area is 232 Å². The standard InChI is InChI=1S/C22H37NO18/c1-6(26)23-11-7(27)2-22(21(35)36,40-17(11)12(29)8(28)3-24)41-18-14(31)9(4-25)38-20(16(18)33)39-10-5-37-19(34)15(32)13(10)30/h7-20,24-25,27-34H,2-5H2,1H3,(H,23,26)(H,35,36)/t7-,8+,9+,10+,11+,12+,13-,14-,15+,16+,17+,18-,19?,20-,22-/m0/s1. The topological polar surface area (TPSA) is 315 Å². The van der Waals surface area contributed by atoms with Gasteiger partial charge in [-0.1, -0.05) is 0 Å². The predicted molar refractivity (Wildman–Crippen MR) is 124 cm³/mol. The molecule has 3 rings (SSSR count). The molecule has 238 valence electrons. The van der Waals surface area contributed by atoms with Gasteiger partial charge >= 0.3 is 5.97 Å². The first-order chi connectivity index (χ1) is 19.2. The van der Waals surface area contributed by atoms with Crippen LogP contribution in [0.1, 0.15) is 13.3 Å². The summed E-state index contributed by atoms with van der Waals surface area (Å²) in [5.74, 6) is -5.65. The maximum atomic E-state index is 12.5. The van der Waals surface area contributed by atoms with E-state index < -0.39 is 130 Å². The van der Waals surface area contributed by atoms with E-state index >= 15 is 0 Å². The van der Waals surface area contributed by atoms with E-state index in [1.807, 2.05) is 0 Å². The number of rotatable bonds is 10. The molecule has 0 aromatic rings. The largest absolute Gasteiger partial charge is 0.477 e. The number of ether oxygens (including phenoxy) is 5. The van der Waals surface area contributed by atoms with Crippen LogP contribution in [0.5, 0.6) is 0 Å². The van der Waals surface area contributed by atoms with Crippen LogP contribution in [0.2, 0.25) is 0 Å². The Morgan fingerprint density at radius 2 is 1.68 bits per heavy atom. The number of aliphatic hydroxyl groups excluding tert-OH is 10. The van der Waals surface area contributed by atoms with Crippen molar-refractivity contribution in [1.82, 2.24) is 5.32 Å². The van der Waals surface area contributed by atoms with Crippen LogP contribution >= 0.6 is 0 Å². The van der Waals surface area contributed by atoms with E-state index in [-0.39, 0.29) is 0 Å². The predicted octanol–water partition coefficient (Wildman–Crippen LogP) is -7.58. The molecule has 3 fully saturated rings. The van der Waals surface area contributed by atoms with Crippen molar-refractivity contribution in [2.45, 2.75) is 105 Å². The SMILES string of the molecule is CC(=O)N[C@H]1[C@H]([C@H](O)[C@H](O)CO)O[C@@](O[C@H]2[C@@H](O)[C@@H](CO)O[C@@H](O[C@@H]3COC(O)[C@H](O)[C@H]3O)[C@@H]2O)(C(=O)O)C[C@@H]1O. The van der Waals surface area contributed by atoms with E-state index in [4.69, 9.17) is 23.7 Å². The van der Waals surface area contributed by atoms with Crippen molar-refractivity contribution in [2.24, 2.45) is 0 Å². The first-order valence-electron chi connectivity index (χ1n) is 12.6. The molecule has 0 saturated carbocycles. The van der Waals surface area contributed by atoms with E-state index in [9.17, 15) is 65.8 Å². The molecule has 0 bridgehead atoms. The molecule has 41 heavy (non-hydrogen) atoms. The molecule has 0 aromatic carbocycles. The number of hydrogen-bond acceptors (Lipinski definition) is 17. The summed E-state index contributed by atoms with van der Waals surface area (Å²) < 4.78 is 26.7. The first kappa shape index (κ1) is 33.8. The number of aliphatic hydroxyl groups is 10. The number of aliphatic carboxylic acids is 1. The van der Waals surface area contributed by atoms with Crippen molar-refractivity contribution >= 4 is 11.9 Å². The third kappa shape index (κ3) is 7.12. The van der Waals surface area contributed by atoms with Crippen LogP contribution in [0.4, 0.5) is 0 Å². The smallest absolute Gasteiger partial charge is 0.364 e. The maximum absolute atomic E-state index is 12.5. The molecule has 15 atom stereocenters. The van der Waals surface area contributed by atoms with Gasteiger partial charge in [-0.3, -0.25) is 4.79 Å². The fraction of sp³-hybridized carbons (Fsp3) is 0.909. The van der Waals surface area contributed by atoms with Gasteiger partial charge in [0.05, 0.1) is 32.0 Å². The summed E-state index contributed by atoms with van der Waals surface area (Å²) in [4.78, 5) is 24.2. The minimum Gasteiger partial charge on any atom is -0.477 e. The first-order valence-corrected chi connectivity index (χ1v) is 12.6. The van der Waals surface area contributed by atoms with E-state index in [0.717, 1.165) is 6.92 Å². The number of carbonyl (C=O) groups excluding carboxylic acids is 1. The Morgan fingerprint density at radius 3 is 2.24 bits per heavy atom. The van der Waals surface area contributed by atoms with Crippen molar-refractivity contribution in [2.75, 3.05) is 19.8 Å². The molecule has 1 unspecified atom stereocenters. The fourth-order valence-corrected chi connectivity index (χ4v) is 4.84. The minimum atomic E-state index is -2.97. The molecule has 0 spiro atoms. The lowest BCUT2D eigenvalue weighted by Crippen LogP contribution is -2.70. The number of amides is 1. The van der Waals surface area contributed by atoms with Crippen LogP contribution in [-0.4, -0.2) is 179 Å². The maximum Gasteiger partial charge on any atom is 0.364 e. The number of carbonyl (C=O) groups is 2. The summed E-state index contributed by atoms with van der Waals surface area (Å²) in [6.45, 7) is -1.40. The summed E-state index contributed by atoms with van der Waals surface area (Å²) in [6, 6.07) is -1.51. The molecule has 3 aliphatic heterocycles. The van der Waals surface area contributed by atoms with E-state index in [2.05, 4.69) is 5.32 Å². The molecule has 3 heterocycles. The van der Waals surface area contributed by atoms with Gasteiger partial charge in [0.15, 0.2) is 12.6 Å². The monoisotopic (exact) mass is 603 g/mol. The normalized spacial score (nSPS) is 45.0. The number of nitrogens with one attached hydrogen (secondary N) is 1. The zero-order chi connectivity index (χ0) is 30.8. The zero-order valence-corrected chi connectivity index (χ0v) is 21.7. The van der Waals surface area contributed by atoms with E-state index in [0.29, 0.717) is 0 Å². The highest BCUT2D eigenvalue weighted by molar-refractivity contribution is 5.76. The highest BCUT2D eigenvalue weighted by Crippen LogP contribution is 2.37. The van der Waals surface area contributed by atoms with Gasteiger partial charge in [0, 0.05) is 13.3 Å². The van der Waals surface area contributed by atoms with Crippen LogP contribution in [0.3, 0.4) is 0 Å². The summed E-state index contributed by atoms with van der Waals surface area (Å²) in [7, 11) is 0. The van der Waals surface area contributed by atoms with Gasteiger partial charge in [0.1, 0.15) is 61.0 Å². The van der Waals surface area contributed by atoms with E-state index in [1.165, 1.54) is 0 Å². The molecule has 19 heteroatoms. The van der Waals surface area contributed by atoms with Gasteiger partial charge in [0.25, 0.3) is 5.79 Å². The highest BCUT2D eigenvalue weighted by atomic mass is 16.8. The minimum absolute atomic E-state index is 0.504. The molecule has 0 radical (unpaired) electrons. The second-order valence-electron chi connectivity index (χ2n) is 10.0. The molecular weight excluding hydrogens is 566 g/mol. The molecule has 12 N–H and O–H groups in total. The number of hydrogen-bond donors (Lipinski definition) is 12. The Hall–Kier alpha value is -1.66. The Bertz CT molecular complexity index is 897. The van der Waals surface area contributed by atoms with E-state index in [1.54, 1.807) is 0 Å². The Morgan fingerprint density at radius 1 is 1.02 bits per heavy atom. The summed E-state index contributed by atoms with van der Waals surface area (Å²) >= 11 is 0. The van der Waals surface area contributed by atoms with Crippen molar-refractivity contribution in [1.29, 1.82) is 0 Å². The summed E-state index contributed by atoms with van der Waals surface area (Å²) in [5, 5.41) is 114. The van der Waals surface area contributed by atoms with Crippen LogP contribution in [0, 0.1) is 0 Å². The van der Waals surface area contributed by atoms with Crippen LogP contribution in [0.25, 0.3) is 0 Å². The zero-order valence-electron chi connectivity index (χ0n) is 21.7. The third-order valence-electron chi connectivity index (χ3n) is 7.10. The highest BCUT2D eigenvalue weighted by Gasteiger charge is 2.59. The van der Waals surface area contributed by atoms with Gasteiger partial charge in [0.2, 0.25) is 5.91 Å². The summed E-state index contributed by atoms with van der Waals surface area (Å²) in [5.41, 5.74) is 0. The van der Waals surface area contributed by atoms with Crippen molar-refractivity contribution in [3.8, 4) is 0 Å². The molecule has 19 nitrogen and oxygen atoms in total. The lowest BCUT2D eigenvalue weighted by Gasteiger charge is -2.50. The average molecular weight is 604 g/mol. The second-order valence-corrected chi connectivity index (χ2v) is 10.0. The van der Waals surface area contributed by atoms with Crippen molar-refractivity contribution in [3.05, 3.63) is 0 Å². The lowest BCUT2D eigenvalue weighted by atomic mass is 9.88.